The van der Waals surface area contributed by atoms with Crippen molar-refractivity contribution >= 4 is 23.4 Å². The van der Waals surface area contributed by atoms with Crippen molar-refractivity contribution in [2.24, 2.45) is 0 Å². The van der Waals surface area contributed by atoms with Gasteiger partial charge in [0.2, 0.25) is 0 Å². The third-order valence-corrected chi connectivity index (χ3v) is 3.12. The second-order valence-electron chi connectivity index (χ2n) is 4.46. The van der Waals surface area contributed by atoms with Crippen LogP contribution < -0.4 is 4.74 Å². The van der Waals surface area contributed by atoms with Gasteiger partial charge in [0.15, 0.2) is 5.78 Å². The number of ketones is 1. The molecule has 0 aliphatic heterocycles. The van der Waals surface area contributed by atoms with E-state index >= 15 is 0 Å². The van der Waals surface area contributed by atoms with Crippen LogP contribution in [0, 0.1) is 6.92 Å². The molecular formula is C17H13ClO3. The average Bonchev–Trinajstić information content (AvgIpc) is 2.49. The maximum absolute atomic E-state index is 12.5. The van der Waals surface area contributed by atoms with Crippen LogP contribution in [0.25, 0.3) is 0 Å². The van der Waals surface area contributed by atoms with Gasteiger partial charge < -0.3 is 4.74 Å². The molecule has 0 aliphatic rings. The fraction of sp³-hybridized carbons (Fsp3) is 0.0588. The van der Waals surface area contributed by atoms with E-state index in [0.717, 1.165) is 11.6 Å². The highest BCUT2D eigenvalue weighted by Crippen LogP contribution is 2.24. The van der Waals surface area contributed by atoms with Crippen LogP contribution in [0.1, 0.15) is 21.5 Å². The van der Waals surface area contributed by atoms with E-state index in [9.17, 15) is 9.59 Å². The number of aryl methyl sites for hydroxylation is 1. The Balaban J connectivity index is 2.43. The Morgan fingerprint density at radius 1 is 1.14 bits per heavy atom. The number of esters is 1. The normalized spacial score (nSPS) is 10.0. The summed E-state index contributed by atoms with van der Waals surface area (Å²) in [5.41, 5.74) is 1.69. The second kappa shape index (κ2) is 6.37. The summed E-state index contributed by atoms with van der Waals surface area (Å²) in [7, 11) is 0. The van der Waals surface area contributed by atoms with Gasteiger partial charge in [-0.2, -0.15) is 0 Å². The Hall–Kier alpha value is -2.39. The minimum Gasteiger partial charge on any atom is -0.423 e. The molecular weight excluding hydrogens is 288 g/mol. The van der Waals surface area contributed by atoms with Crippen LogP contribution in [0.3, 0.4) is 0 Å². The third-order valence-electron chi connectivity index (χ3n) is 2.86. The molecule has 0 saturated heterocycles. The van der Waals surface area contributed by atoms with E-state index in [4.69, 9.17) is 16.3 Å². The number of ether oxygens (including phenoxy) is 1. The molecule has 0 aromatic heterocycles. The summed E-state index contributed by atoms with van der Waals surface area (Å²) in [6.07, 6.45) is 1.05. The lowest BCUT2D eigenvalue weighted by Crippen LogP contribution is -2.09. The van der Waals surface area contributed by atoms with Crippen LogP contribution in [-0.2, 0) is 4.79 Å². The van der Waals surface area contributed by atoms with Gasteiger partial charge in [0.05, 0.1) is 5.56 Å². The van der Waals surface area contributed by atoms with Gasteiger partial charge in [-0.25, -0.2) is 4.79 Å². The minimum absolute atomic E-state index is 0.213. The zero-order valence-corrected chi connectivity index (χ0v) is 12.2. The molecule has 106 valence electrons. The predicted octanol–water partition coefficient (Wildman–Crippen LogP) is 3.97. The number of rotatable bonds is 4. The first-order chi connectivity index (χ1) is 10.0. The highest BCUT2D eigenvalue weighted by molar-refractivity contribution is 6.30. The number of carbonyl (C=O) groups is 2. The second-order valence-corrected chi connectivity index (χ2v) is 4.90. The molecule has 2 aromatic rings. The van der Waals surface area contributed by atoms with Crippen molar-refractivity contribution in [2.75, 3.05) is 0 Å². The van der Waals surface area contributed by atoms with E-state index in [1.807, 2.05) is 6.92 Å². The number of benzene rings is 2. The van der Waals surface area contributed by atoms with E-state index in [1.165, 1.54) is 0 Å². The van der Waals surface area contributed by atoms with Crippen molar-refractivity contribution in [3.8, 4) is 5.75 Å². The number of hydrogen-bond donors (Lipinski definition) is 0. The Bertz CT molecular complexity index is 702. The summed E-state index contributed by atoms with van der Waals surface area (Å²) in [5.74, 6) is -0.628. The molecule has 0 aliphatic carbocycles. The lowest BCUT2D eigenvalue weighted by atomic mass is 10.0. The molecule has 0 spiro atoms. The molecule has 0 N–H and O–H groups in total. The smallest absolute Gasteiger partial charge is 0.335 e. The molecule has 2 rings (SSSR count). The Morgan fingerprint density at radius 3 is 2.43 bits per heavy atom. The molecule has 21 heavy (non-hydrogen) atoms. The first kappa shape index (κ1) is 15.0. The third kappa shape index (κ3) is 3.58. The van der Waals surface area contributed by atoms with Crippen molar-refractivity contribution < 1.29 is 14.3 Å². The number of hydrogen-bond acceptors (Lipinski definition) is 3. The molecule has 3 nitrogen and oxygen atoms in total. The van der Waals surface area contributed by atoms with E-state index < -0.39 is 5.97 Å². The van der Waals surface area contributed by atoms with E-state index in [-0.39, 0.29) is 11.5 Å². The SMILES string of the molecule is C=CC(=O)Oc1ccc(C)cc1C(=O)c1ccc(Cl)cc1. The zero-order chi connectivity index (χ0) is 15.4. The van der Waals surface area contributed by atoms with Gasteiger partial charge in [-0.3, -0.25) is 4.79 Å². The largest absolute Gasteiger partial charge is 0.423 e. The van der Waals surface area contributed by atoms with Crippen molar-refractivity contribution in [3.05, 3.63) is 76.8 Å². The highest BCUT2D eigenvalue weighted by Gasteiger charge is 2.16. The summed E-state index contributed by atoms with van der Waals surface area (Å²) >= 11 is 5.81. The van der Waals surface area contributed by atoms with Crippen molar-refractivity contribution in [1.29, 1.82) is 0 Å². The average molecular weight is 301 g/mol. The van der Waals surface area contributed by atoms with Gasteiger partial charge >= 0.3 is 5.97 Å². The fourth-order valence-electron chi connectivity index (χ4n) is 1.82. The van der Waals surface area contributed by atoms with Crippen LogP contribution in [0.4, 0.5) is 0 Å². The van der Waals surface area contributed by atoms with Crippen molar-refractivity contribution in [2.45, 2.75) is 6.92 Å². The molecule has 0 bridgehead atoms. The molecule has 0 fully saturated rings. The van der Waals surface area contributed by atoms with Crippen molar-refractivity contribution in [3.63, 3.8) is 0 Å². The molecule has 2 aromatic carbocycles. The fourth-order valence-corrected chi connectivity index (χ4v) is 1.94. The van der Waals surface area contributed by atoms with Gasteiger partial charge in [0.25, 0.3) is 0 Å². The van der Waals surface area contributed by atoms with E-state index in [0.29, 0.717) is 16.1 Å². The monoisotopic (exact) mass is 300 g/mol. The van der Waals surface area contributed by atoms with Gasteiger partial charge in [0.1, 0.15) is 5.75 Å². The first-order valence-corrected chi connectivity index (χ1v) is 6.64. The Kier molecular flexibility index (Phi) is 4.55. The van der Waals surface area contributed by atoms with Gasteiger partial charge in [0, 0.05) is 16.7 Å². The summed E-state index contributed by atoms with van der Waals surface area (Å²) in [4.78, 5) is 23.9. The lowest BCUT2D eigenvalue weighted by molar-refractivity contribution is -0.128. The Morgan fingerprint density at radius 2 is 1.81 bits per heavy atom. The lowest BCUT2D eigenvalue weighted by Gasteiger charge is -2.09. The molecule has 0 unspecified atom stereocenters. The molecule has 0 radical (unpaired) electrons. The quantitative estimate of drug-likeness (QED) is 0.371. The molecule has 4 heteroatoms. The van der Waals surface area contributed by atoms with Crippen molar-refractivity contribution in [1.82, 2.24) is 0 Å². The van der Waals surface area contributed by atoms with Gasteiger partial charge in [-0.1, -0.05) is 29.8 Å². The zero-order valence-electron chi connectivity index (χ0n) is 11.4. The molecule has 0 atom stereocenters. The van der Waals surface area contributed by atoms with Crippen LogP contribution in [-0.4, -0.2) is 11.8 Å². The summed E-state index contributed by atoms with van der Waals surface area (Å²) in [5, 5.41) is 0.550. The predicted molar refractivity (Wildman–Crippen MR) is 81.9 cm³/mol. The minimum atomic E-state index is -0.607. The van der Waals surface area contributed by atoms with Crippen LogP contribution in [0.15, 0.2) is 55.1 Å². The maximum Gasteiger partial charge on any atom is 0.335 e. The van der Waals surface area contributed by atoms with E-state index in [1.54, 1.807) is 42.5 Å². The summed E-state index contributed by atoms with van der Waals surface area (Å²) in [6, 6.07) is 11.6. The maximum atomic E-state index is 12.5. The first-order valence-electron chi connectivity index (χ1n) is 6.26. The van der Waals surface area contributed by atoms with Gasteiger partial charge in [-0.15, -0.1) is 0 Å². The highest BCUT2D eigenvalue weighted by atomic mass is 35.5. The Labute approximate surface area is 127 Å². The van der Waals surface area contributed by atoms with Crippen LogP contribution in [0.2, 0.25) is 5.02 Å². The summed E-state index contributed by atoms with van der Waals surface area (Å²) in [6.45, 7) is 5.20. The van der Waals surface area contributed by atoms with Gasteiger partial charge in [-0.05, 0) is 43.3 Å². The standard InChI is InChI=1S/C17H13ClO3/c1-3-16(19)21-15-9-4-11(2)10-14(15)17(20)12-5-7-13(18)8-6-12/h3-10H,1H2,2H3. The van der Waals surface area contributed by atoms with Crippen LogP contribution in [0.5, 0.6) is 5.75 Å². The molecule has 0 saturated carbocycles. The van der Waals surface area contributed by atoms with Crippen LogP contribution >= 0.6 is 11.6 Å². The molecule has 0 amide bonds. The molecule has 0 heterocycles. The topological polar surface area (TPSA) is 43.4 Å². The number of carbonyl (C=O) groups excluding carboxylic acids is 2. The van der Waals surface area contributed by atoms with E-state index in [2.05, 4.69) is 6.58 Å². The number of halogens is 1. The summed E-state index contributed by atoms with van der Waals surface area (Å²) < 4.78 is 5.11.